The summed E-state index contributed by atoms with van der Waals surface area (Å²) in [5, 5.41) is 0. The molecule has 1 aromatic rings. The predicted octanol–water partition coefficient (Wildman–Crippen LogP) is 5.63. The first-order chi connectivity index (χ1) is 13.9. The van der Waals surface area contributed by atoms with Crippen molar-refractivity contribution < 1.29 is 18.3 Å². The van der Waals surface area contributed by atoms with Crippen molar-refractivity contribution in [2.45, 2.75) is 57.4 Å². The Balaban J connectivity index is 1.66. The van der Waals surface area contributed by atoms with Gasteiger partial charge in [-0.2, -0.15) is 0 Å². The minimum absolute atomic E-state index is 0.105. The van der Waals surface area contributed by atoms with Crippen LogP contribution in [-0.4, -0.2) is 49.1 Å². The minimum atomic E-state index is -0.761. The Labute approximate surface area is 173 Å². The maximum Gasteiger partial charge on any atom is 0.415 e. The number of carbonyl (C=O) groups excluding carboxylic acids is 1. The summed E-state index contributed by atoms with van der Waals surface area (Å²) in [4.78, 5) is 16.2. The molecular formula is C23H34F2N2O2. The van der Waals surface area contributed by atoms with E-state index in [1.54, 1.807) is 11.9 Å². The fourth-order valence-electron chi connectivity index (χ4n) is 4.03. The second-order valence-corrected chi connectivity index (χ2v) is 8.16. The SMILES string of the molecule is C=CCN(C)CCCCC[C@H]1CC[C@H](N(C)C(=O)Oc2cc(F)cc(F)c2)CC1. The molecule has 0 heterocycles. The summed E-state index contributed by atoms with van der Waals surface area (Å²) < 4.78 is 31.6. The number of hydrogen-bond donors (Lipinski definition) is 0. The van der Waals surface area contributed by atoms with Crippen molar-refractivity contribution in [3.8, 4) is 5.75 Å². The van der Waals surface area contributed by atoms with Crippen molar-refractivity contribution in [1.29, 1.82) is 0 Å². The second kappa shape index (κ2) is 11.9. The summed E-state index contributed by atoms with van der Waals surface area (Å²) in [6.07, 6.45) is 10.4. The highest BCUT2D eigenvalue weighted by Crippen LogP contribution is 2.31. The Bertz CT molecular complexity index is 640. The lowest BCUT2D eigenvalue weighted by molar-refractivity contribution is 0.123. The van der Waals surface area contributed by atoms with E-state index in [1.807, 2.05) is 6.08 Å². The molecule has 4 nitrogen and oxygen atoms in total. The summed E-state index contributed by atoms with van der Waals surface area (Å²) >= 11 is 0. The maximum atomic E-state index is 13.3. The summed E-state index contributed by atoms with van der Waals surface area (Å²) in [7, 11) is 3.82. The molecule has 1 fully saturated rings. The first-order valence-electron chi connectivity index (χ1n) is 10.6. The van der Waals surface area contributed by atoms with Crippen molar-refractivity contribution in [1.82, 2.24) is 9.80 Å². The van der Waals surface area contributed by atoms with Crippen LogP contribution in [-0.2, 0) is 0 Å². The van der Waals surface area contributed by atoms with Crippen molar-refractivity contribution in [2.24, 2.45) is 5.92 Å². The predicted molar refractivity (Wildman–Crippen MR) is 112 cm³/mol. The van der Waals surface area contributed by atoms with Crippen LogP contribution in [0.1, 0.15) is 51.4 Å². The van der Waals surface area contributed by atoms with Gasteiger partial charge in [-0.25, -0.2) is 13.6 Å². The Hall–Kier alpha value is -1.95. The molecule has 6 heteroatoms. The van der Waals surface area contributed by atoms with E-state index in [4.69, 9.17) is 4.74 Å². The standard InChI is InChI=1S/C23H34F2N2O2/c1-4-13-26(2)14-7-5-6-8-18-9-11-21(12-10-18)27(3)23(28)29-22-16-19(24)15-20(25)17-22/h4,15-18,21H,1,5-14H2,2-3H3/t18-,21-. The molecule has 0 saturated heterocycles. The van der Waals surface area contributed by atoms with Gasteiger partial charge in [0.05, 0.1) is 0 Å². The topological polar surface area (TPSA) is 32.8 Å². The van der Waals surface area contributed by atoms with E-state index in [1.165, 1.54) is 25.7 Å². The third-order valence-electron chi connectivity index (χ3n) is 5.79. The Morgan fingerprint density at radius 3 is 2.38 bits per heavy atom. The molecule has 1 saturated carbocycles. The zero-order valence-electron chi connectivity index (χ0n) is 17.7. The zero-order valence-corrected chi connectivity index (χ0v) is 17.7. The van der Waals surface area contributed by atoms with Gasteiger partial charge in [-0.1, -0.05) is 25.3 Å². The molecule has 0 radical (unpaired) electrons. The Morgan fingerprint density at radius 1 is 1.10 bits per heavy atom. The van der Waals surface area contributed by atoms with Gasteiger partial charge in [0.1, 0.15) is 17.4 Å². The number of rotatable bonds is 10. The van der Waals surface area contributed by atoms with Crippen LogP contribution in [0, 0.1) is 17.6 Å². The van der Waals surface area contributed by atoms with Crippen LogP contribution in [0.2, 0.25) is 0 Å². The van der Waals surface area contributed by atoms with E-state index in [9.17, 15) is 13.6 Å². The van der Waals surface area contributed by atoms with Crippen molar-refractivity contribution in [2.75, 3.05) is 27.2 Å². The van der Waals surface area contributed by atoms with E-state index in [0.717, 1.165) is 62.9 Å². The molecule has 0 aromatic heterocycles. The molecule has 0 aliphatic heterocycles. The minimum Gasteiger partial charge on any atom is -0.410 e. The first-order valence-corrected chi connectivity index (χ1v) is 10.6. The summed E-state index contributed by atoms with van der Waals surface area (Å²) in [5.41, 5.74) is 0. The number of unbranched alkanes of at least 4 members (excludes halogenated alkanes) is 2. The molecule has 162 valence electrons. The van der Waals surface area contributed by atoms with E-state index < -0.39 is 17.7 Å². The average Bonchev–Trinajstić information content (AvgIpc) is 2.67. The molecule has 29 heavy (non-hydrogen) atoms. The van der Waals surface area contributed by atoms with Crippen LogP contribution in [0.3, 0.4) is 0 Å². The van der Waals surface area contributed by atoms with Crippen molar-refractivity contribution in [3.63, 3.8) is 0 Å². The summed E-state index contributed by atoms with van der Waals surface area (Å²) in [6, 6.07) is 2.90. The molecule has 1 aliphatic rings. The van der Waals surface area contributed by atoms with Crippen molar-refractivity contribution in [3.05, 3.63) is 42.5 Å². The number of ether oxygens (including phenoxy) is 1. The fraction of sp³-hybridized carbons (Fsp3) is 0.609. The van der Waals surface area contributed by atoms with Crippen LogP contribution >= 0.6 is 0 Å². The summed E-state index contributed by atoms with van der Waals surface area (Å²) in [6.45, 7) is 5.81. The molecular weight excluding hydrogens is 374 g/mol. The van der Waals surface area contributed by atoms with Gasteiger partial charge in [-0.3, -0.25) is 0 Å². The van der Waals surface area contributed by atoms with Gasteiger partial charge in [0.15, 0.2) is 0 Å². The molecule has 1 aliphatic carbocycles. The van der Waals surface area contributed by atoms with E-state index in [2.05, 4.69) is 18.5 Å². The van der Waals surface area contributed by atoms with Crippen LogP contribution in [0.4, 0.5) is 13.6 Å². The highest BCUT2D eigenvalue weighted by atomic mass is 19.1. The Kier molecular flexibility index (Phi) is 9.58. The highest BCUT2D eigenvalue weighted by molar-refractivity contribution is 5.70. The molecule has 2 rings (SSSR count). The van der Waals surface area contributed by atoms with Gasteiger partial charge in [-0.05, 0) is 51.6 Å². The molecule has 0 bridgehead atoms. The normalized spacial score (nSPS) is 19.2. The third kappa shape index (κ3) is 8.13. The van der Waals surface area contributed by atoms with Crippen LogP contribution in [0.25, 0.3) is 0 Å². The number of amides is 1. The first kappa shape index (κ1) is 23.3. The number of halogens is 2. The van der Waals surface area contributed by atoms with Gasteiger partial charge in [0.2, 0.25) is 0 Å². The van der Waals surface area contributed by atoms with Crippen LogP contribution in [0.15, 0.2) is 30.9 Å². The smallest absolute Gasteiger partial charge is 0.410 e. The zero-order chi connectivity index (χ0) is 21.2. The van der Waals surface area contributed by atoms with Gasteiger partial charge in [0, 0.05) is 37.8 Å². The van der Waals surface area contributed by atoms with E-state index >= 15 is 0 Å². The number of hydrogen-bond acceptors (Lipinski definition) is 3. The lowest BCUT2D eigenvalue weighted by Gasteiger charge is -2.34. The lowest BCUT2D eigenvalue weighted by atomic mass is 9.82. The number of carbonyl (C=O) groups is 1. The second-order valence-electron chi connectivity index (χ2n) is 8.16. The third-order valence-corrected chi connectivity index (χ3v) is 5.79. The van der Waals surface area contributed by atoms with Gasteiger partial charge in [0.25, 0.3) is 0 Å². The fourth-order valence-corrected chi connectivity index (χ4v) is 4.03. The molecule has 0 N–H and O–H groups in total. The largest absolute Gasteiger partial charge is 0.415 e. The quantitative estimate of drug-likeness (QED) is 0.371. The lowest BCUT2D eigenvalue weighted by Crippen LogP contribution is -2.41. The van der Waals surface area contributed by atoms with E-state index in [-0.39, 0.29) is 11.8 Å². The van der Waals surface area contributed by atoms with Crippen molar-refractivity contribution >= 4 is 6.09 Å². The number of benzene rings is 1. The maximum absolute atomic E-state index is 13.3. The molecule has 1 aromatic carbocycles. The molecule has 0 spiro atoms. The van der Waals surface area contributed by atoms with Gasteiger partial charge in [-0.15, -0.1) is 6.58 Å². The number of likely N-dealkylation sites (N-methyl/N-ethyl adjacent to an activating group) is 1. The van der Waals surface area contributed by atoms with Gasteiger partial charge < -0.3 is 14.5 Å². The molecule has 1 amide bonds. The van der Waals surface area contributed by atoms with Gasteiger partial charge >= 0.3 is 6.09 Å². The molecule has 0 atom stereocenters. The summed E-state index contributed by atoms with van der Waals surface area (Å²) in [5.74, 6) is -0.905. The number of nitrogens with zero attached hydrogens (tertiary/aromatic N) is 2. The van der Waals surface area contributed by atoms with E-state index in [0.29, 0.717) is 0 Å². The monoisotopic (exact) mass is 408 g/mol. The molecule has 0 unspecified atom stereocenters. The average molecular weight is 409 g/mol. The van der Waals surface area contributed by atoms with Crippen LogP contribution < -0.4 is 4.74 Å². The highest BCUT2D eigenvalue weighted by Gasteiger charge is 2.27. The Morgan fingerprint density at radius 2 is 1.76 bits per heavy atom. The van der Waals surface area contributed by atoms with Crippen LogP contribution in [0.5, 0.6) is 5.75 Å².